The molecule has 1 aliphatic rings. The van der Waals surface area contributed by atoms with Gasteiger partial charge in [0.1, 0.15) is 11.0 Å². The third kappa shape index (κ3) is 6.77. The number of para-hydroxylation sites is 1. The maximum Gasteiger partial charge on any atom is 0.337 e. The molecule has 0 aliphatic carbocycles. The lowest BCUT2D eigenvalue weighted by Crippen LogP contribution is -2.46. The second kappa shape index (κ2) is 12.2. The Morgan fingerprint density at radius 3 is 2.35 bits per heavy atom. The van der Waals surface area contributed by atoms with Gasteiger partial charge in [-0.15, -0.1) is 0 Å². The number of nitrogens with zero attached hydrogens (tertiary/aromatic N) is 2. The maximum atomic E-state index is 13.2. The number of carbonyl (C=O) groups excluding carboxylic acids is 3. The highest BCUT2D eigenvalue weighted by Gasteiger charge is 2.35. The van der Waals surface area contributed by atoms with Gasteiger partial charge < -0.3 is 14.8 Å². The maximum absolute atomic E-state index is 13.2. The summed E-state index contributed by atoms with van der Waals surface area (Å²) in [6.07, 6.45) is 0.681. The fourth-order valence-corrected chi connectivity index (χ4v) is 4.86. The van der Waals surface area contributed by atoms with Crippen molar-refractivity contribution in [3.63, 3.8) is 0 Å². The number of anilines is 1. The average Bonchev–Trinajstić information content (AvgIpc) is 2.93. The summed E-state index contributed by atoms with van der Waals surface area (Å²) in [7, 11) is 2.93. The van der Waals surface area contributed by atoms with Gasteiger partial charge in [-0.3, -0.25) is 14.5 Å². The van der Waals surface area contributed by atoms with Crippen molar-refractivity contribution in [3.8, 4) is 5.75 Å². The molecule has 4 rings (SSSR count). The highest BCUT2D eigenvalue weighted by atomic mass is 32.2. The number of methoxy groups -OCH3 is 2. The van der Waals surface area contributed by atoms with E-state index in [0.29, 0.717) is 35.1 Å². The van der Waals surface area contributed by atoms with Gasteiger partial charge in [-0.2, -0.15) is 0 Å². The molecule has 0 radical (unpaired) electrons. The number of ether oxygens (including phenoxy) is 2. The number of rotatable bonds is 8. The van der Waals surface area contributed by atoms with Crippen molar-refractivity contribution in [1.29, 1.82) is 0 Å². The van der Waals surface area contributed by atoms with Crippen LogP contribution in [0, 0.1) is 0 Å². The first-order valence-corrected chi connectivity index (χ1v) is 12.6. The van der Waals surface area contributed by atoms with Crippen LogP contribution in [0.3, 0.4) is 0 Å². The molecule has 37 heavy (non-hydrogen) atoms. The summed E-state index contributed by atoms with van der Waals surface area (Å²) in [5.74, 6) is -0.154. The van der Waals surface area contributed by atoms with Crippen molar-refractivity contribution in [2.24, 2.45) is 4.99 Å². The summed E-state index contributed by atoms with van der Waals surface area (Å²) in [6.45, 7) is 0.438. The van der Waals surface area contributed by atoms with Gasteiger partial charge in [0.2, 0.25) is 11.8 Å². The van der Waals surface area contributed by atoms with Crippen LogP contribution in [0.15, 0.2) is 83.9 Å². The number of hydrogen-bond acceptors (Lipinski definition) is 7. The van der Waals surface area contributed by atoms with Crippen molar-refractivity contribution in [2.75, 3.05) is 26.1 Å². The number of amidine groups is 1. The van der Waals surface area contributed by atoms with E-state index < -0.39 is 11.2 Å². The molecule has 1 atom stereocenters. The Kier molecular flexibility index (Phi) is 8.58. The molecule has 1 fully saturated rings. The Labute approximate surface area is 219 Å². The highest BCUT2D eigenvalue weighted by Crippen LogP contribution is 2.30. The van der Waals surface area contributed by atoms with Crippen molar-refractivity contribution < 1.29 is 23.9 Å². The SMILES string of the molecule is COC(=O)c1ccc(NC(=O)C2CC(=O)N(CCc3ccc(OC)cc3)C(=Nc3ccccc3)S2)cc1. The van der Waals surface area contributed by atoms with Gasteiger partial charge in [-0.05, 0) is 60.5 Å². The lowest BCUT2D eigenvalue weighted by atomic mass is 10.1. The van der Waals surface area contributed by atoms with E-state index in [1.54, 1.807) is 36.3 Å². The Morgan fingerprint density at radius 2 is 1.70 bits per heavy atom. The predicted octanol–water partition coefficient (Wildman–Crippen LogP) is 4.68. The molecular weight excluding hydrogens is 490 g/mol. The van der Waals surface area contributed by atoms with E-state index in [4.69, 9.17) is 14.5 Å². The fraction of sp³-hybridized carbons (Fsp3) is 0.214. The number of hydrogen-bond donors (Lipinski definition) is 1. The number of amides is 2. The number of nitrogens with one attached hydrogen (secondary N) is 1. The molecular formula is C28H27N3O5S. The first-order valence-electron chi connectivity index (χ1n) is 11.7. The first kappa shape index (κ1) is 26.0. The monoisotopic (exact) mass is 517 g/mol. The van der Waals surface area contributed by atoms with Gasteiger partial charge in [0.05, 0.1) is 25.5 Å². The van der Waals surface area contributed by atoms with E-state index in [2.05, 4.69) is 5.32 Å². The second-order valence-corrected chi connectivity index (χ2v) is 9.41. The average molecular weight is 518 g/mol. The van der Waals surface area contributed by atoms with Crippen LogP contribution in [0.2, 0.25) is 0 Å². The van der Waals surface area contributed by atoms with E-state index >= 15 is 0 Å². The minimum Gasteiger partial charge on any atom is -0.497 e. The summed E-state index contributed by atoms with van der Waals surface area (Å²) in [4.78, 5) is 44.3. The minimum absolute atomic E-state index is 0.0488. The third-order valence-electron chi connectivity index (χ3n) is 5.77. The van der Waals surface area contributed by atoms with E-state index in [1.165, 1.54) is 18.9 Å². The summed E-state index contributed by atoms with van der Waals surface area (Å²) >= 11 is 1.27. The number of aliphatic imine (C=N–C) groups is 1. The molecule has 1 heterocycles. The summed E-state index contributed by atoms with van der Waals surface area (Å²) < 4.78 is 9.92. The minimum atomic E-state index is -0.646. The van der Waals surface area contributed by atoms with Crippen LogP contribution in [-0.4, -0.2) is 53.9 Å². The Hall–Kier alpha value is -4.11. The van der Waals surface area contributed by atoms with Gasteiger partial charge in [0.15, 0.2) is 5.17 Å². The number of benzene rings is 3. The van der Waals surface area contributed by atoms with Crippen LogP contribution in [0.25, 0.3) is 0 Å². The van der Waals surface area contributed by atoms with Gasteiger partial charge in [0.25, 0.3) is 0 Å². The Bertz CT molecular complexity index is 1280. The first-order chi connectivity index (χ1) is 18.0. The summed E-state index contributed by atoms with van der Waals surface area (Å²) in [5, 5.41) is 2.67. The third-order valence-corrected chi connectivity index (χ3v) is 6.96. The summed E-state index contributed by atoms with van der Waals surface area (Å²) in [6, 6.07) is 23.5. The molecule has 0 bridgehead atoms. The molecule has 8 nitrogen and oxygen atoms in total. The molecule has 9 heteroatoms. The van der Waals surface area contributed by atoms with Crippen molar-refractivity contribution in [3.05, 3.63) is 90.0 Å². The van der Waals surface area contributed by atoms with E-state index in [9.17, 15) is 14.4 Å². The molecule has 1 saturated heterocycles. The predicted molar refractivity (Wildman–Crippen MR) is 144 cm³/mol. The van der Waals surface area contributed by atoms with Crippen LogP contribution in [0.5, 0.6) is 5.75 Å². The number of esters is 1. The highest BCUT2D eigenvalue weighted by molar-refractivity contribution is 8.15. The fourth-order valence-electron chi connectivity index (χ4n) is 3.74. The van der Waals surface area contributed by atoms with Crippen molar-refractivity contribution in [1.82, 2.24) is 4.90 Å². The lowest BCUT2D eigenvalue weighted by molar-refractivity contribution is -0.129. The quantitative estimate of drug-likeness (QED) is 0.436. The second-order valence-electron chi connectivity index (χ2n) is 8.24. The number of thioether (sulfide) groups is 1. The normalized spacial score (nSPS) is 16.4. The molecule has 0 aromatic heterocycles. The zero-order chi connectivity index (χ0) is 26.2. The lowest BCUT2D eigenvalue weighted by Gasteiger charge is -2.32. The molecule has 0 saturated carbocycles. The van der Waals surface area contributed by atoms with Crippen molar-refractivity contribution in [2.45, 2.75) is 18.1 Å². The van der Waals surface area contributed by atoms with Gasteiger partial charge >= 0.3 is 5.97 Å². The summed E-state index contributed by atoms with van der Waals surface area (Å²) in [5.41, 5.74) is 2.67. The number of carbonyl (C=O) groups is 3. The zero-order valence-electron chi connectivity index (χ0n) is 20.5. The van der Waals surface area contributed by atoms with Crippen LogP contribution in [-0.2, 0) is 20.7 Å². The molecule has 2 amide bonds. The molecule has 190 valence electrons. The molecule has 3 aromatic carbocycles. The van der Waals surface area contributed by atoms with Crippen LogP contribution < -0.4 is 10.1 Å². The molecule has 0 spiro atoms. The van der Waals surface area contributed by atoms with E-state index in [1.807, 2.05) is 54.6 Å². The van der Waals surface area contributed by atoms with Gasteiger partial charge in [0, 0.05) is 18.7 Å². The van der Waals surface area contributed by atoms with Gasteiger partial charge in [-0.1, -0.05) is 42.1 Å². The van der Waals surface area contributed by atoms with Crippen LogP contribution in [0.4, 0.5) is 11.4 Å². The Balaban J connectivity index is 1.49. The van der Waals surface area contributed by atoms with Gasteiger partial charge in [-0.25, -0.2) is 9.79 Å². The molecule has 3 aromatic rings. The standard InChI is InChI=1S/C28H27N3O5S/c1-35-23-14-8-19(9-15-23)16-17-31-25(32)18-24(37-28(31)30-21-6-4-3-5-7-21)26(33)29-22-12-10-20(11-13-22)27(34)36-2/h3-15,24H,16-18H2,1-2H3,(H,29,33). The largest absolute Gasteiger partial charge is 0.497 e. The van der Waals surface area contributed by atoms with E-state index in [-0.39, 0.29) is 18.2 Å². The zero-order valence-corrected chi connectivity index (χ0v) is 21.4. The molecule has 1 unspecified atom stereocenters. The van der Waals surface area contributed by atoms with Crippen molar-refractivity contribution >= 4 is 46.1 Å². The van der Waals surface area contributed by atoms with Crippen LogP contribution >= 0.6 is 11.8 Å². The van der Waals surface area contributed by atoms with E-state index in [0.717, 1.165) is 11.3 Å². The smallest absolute Gasteiger partial charge is 0.337 e. The molecule has 1 aliphatic heterocycles. The topological polar surface area (TPSA) is 97.3 Å². The Morgan fingerprint density at radius 1 is 1.00 bits per heavy atom. The van der Waals surface area contributed by atoms with Crippen LogP contribution in [0.1, 0.15) is 22.3 Å². The molecule has 1 N–H and O–H groups in total.